The van der Waals surface area contributed by atoms with Crippen molar-refractivity contribution in [3.8, 4) is 17.2 Å². The van der Waals surface area contributed by atoms with Crippen LogP contribution < -0.4 is 14.2 Å². The molecule has 0 bridgehead atoms. The zero-order valence-corrected chi connectivity index (χ0v) is 20.3. The van der Waals surface area contributed by atoms with E-state index in [1.54, 1.807) is 28.0 Å². The number of amides is 2. The first-order chi connectivity index (χ1) is 17.5. The van der Waals surface area contributed by atoms with Gasteiger partial charge in [0.15, 0.2) is 18.1 Å². The van der Waals surface area contributed by atoms with E-state index in [4.69, 9.17) is 23.7 Å². The van der Waals surface area contributed by atoms with Crippen LogP contribution in [0.4, 0.5) is 4.39 Å². The predicted molar refractivity (Wildman–Crippen MR) is 128 cm³/mol. The summed E-state index contributed by atoms with van der Waals surface area (Å²) in [6.07, 6.45) is 0.0331. The molecule has 2 aliphatic heterocycles. The Hall–Kier alpha value is -3.37. The third-order valence-electron chi connectivity index (χ3n) is 6.17. The minimum Gasteiger partial charge on any atom is -0.493 e. The van der Waals surface area contributed by atoms with Crippen LogP contribution in [0.25, 0.3) is 0 Å². The summed E-state index contributed by atoms with van der Waals surface area (Å²) in [5.74, 6) is 0.733. The lowest BCUT2D eigenvalue weighted by molar-refractivity contribution is -0.168. The lowest BCUT2D eigenvalue weighted by Crippen LogP contribution is -2.59. The van der Waals surface area contributed by atoms with Crippen LogP contribution in [-0.4, -0.2) is 93.5 Å². The fraction of sp³-hybridized carbons (Fsp3) is 0.462. The van der Waals surface area contributed by atoms with Crippen LogP contribution in [0.2, 0.25) is 0 Å². The second kappa shape index (κ2) is 12.0. The van der Waals surface area contributed by atoms with Gasteiger partial charge in [-0.3, -0.25) is 9.59 Å². The van der Waals surface area contributed by atoms with Crippen LogP contribution in [-0.2, 0) is 19.1 Å². The minimum atomic E-state index is -1.07. The summed E-state index contributed by atoms with van der Waals surface area (Å²) < 4.78 is 41.7. The Kier molecular flexibility index (Phi) is 8.61. The molecule has 194 valence electrons. The maximum Gasteiger partial charge on any atom is 0.260 e. The molecule has 4 rings (SSSR count). The average Bonchev–Trinajstić information content (AvgIpc) is 2.92. The highest BCUT2D eigenvalue weighted by molar-refractivity contribution is 5.79. The van der Waals surface area contributed by atoms with Crippen molar-refractivity contribution < 1.29 is 37.7 Å². The molecule has 36 heavy (non-hydrogen) atoms. The third kappa shape index (κ3) is 6.64. The Labute approximate surface area is 209 Å². The van der Waals surface area contributed by atoms with Crippen LogP contribution >= 0.6 is 0 Å². The fourth-order valence-electron chi connectivity index (χ4n) is 4.22. The molecular weight excluding hydrogens is 471 g/mol. The topological polar surface area (TPSA) is 86.8 Å². The van der Waals surface area contributed by atoms with Gasteiger partial charge in [0.1, 0.15) is 23.8 Å². The SMILES string of the molecule is COc1ccccc1OCC(=O)N1CCO[C@@](COc2ccc(F)cc2)(CC(=O)N2CCOCC2)C1. The summed E-state index contributed by atoms with van der Waals surface area (Å²) in [7, 11) is 1.53. The molecule has 0 saturated carbocycles. The van der Waals surface area contributed by atoms with E-state index < -0.39 is 5.60 Å². The molecule has 10 heteroatoms. The van der Waals surface area contributed by atoms with Gasteiger partial charge in [0, 0.05) is 19.6 Å². The van der Waals surface area contributed by atoms with Crippen molar-refractivity contribution in [2.45, 2.75) is 12.0 Å². The highest BCUT2D eigenvalue weighted by Crippen LogP contribution is 2.28. The van der Waals surface area contributed by atoms with Crippen molar-refractivity contribution >= 4 is 11.8 Å². The smallest absolute Gasteiger partial charge is 0.260 e. The maximum atomic E-state index is 13.3. The maximum absolute atomic E-state index is 13.3. The van der Waals surface area contributed by atoms with Crippen LogP contribution in [0.5, 0.6) is 17.2 Å². The highest BCUT2D eigenvalue weighted by Gasteiger charge is 2.42. The number of carbonyl (C=O) groups excluding carboxylic acids is 2. The zero-order valence-electron chi connectivity index (χ0n) is 20.3. The number of benzene rings is 2. The van der Waals surface area contributed by atoms with Gasteiger partial charge in [0.2, 0.25) is 5.91 Å². The number of para-hydroxylation sites is 2. The lowest BCUT2D eigenvalue weighted by atomic mass is 9.96. The third-order valence-corrected chi connectivity index (χ3v) is 6.17. The average molecular weight is 503 g/mol. The van der Waals surface area contributed by atoms with E-state index in [1.165, 1.54) is 31.4 Å². The van der Waals surface area contributed by atoms with Gasteiger partial charge in [-0.2, -0.15) is 0 Å². The van der Waals surface area contributed by atoms with E-state index in [0.29, 0.717) is 50.1 Å². The molecule has 2 heterocycles. The van der Waals surface area contributed by atoms with E-state index in [1.807, 2.05) is 6.07 Å². The Morgan fingerprint density at radius 2 is 1.61 bits per heavy atom. The first-order valence-electron chi connectivity index (χ1n) is 11.9. The predicted octanol–water partition coefficient (Wildman–Crippen LogP) is 2.14. The quantitative estimate of drug-likeness (QED) is 0.519. The Bertz CT molecular complexity index is 1030. The molecule has 0 spiro atoms. The molecule has 2 aromatic carbocycles. The standard InChI is InChI=1S/C26H31FN2O7/c1-32-22-4-2-3-5-23(22)34-17-25(31)29-12-15-36-26(18-29,16-24(30)28-10-13-33-14-11-28)19-35-21-8-6-20(27)7-9-21/h2-9H,10-19H2,1H3/t26-/m0/s1. The normalized spacial score (nSPS) is 20.1. The number of morpholine rings is 2. The van der Waals surface area contributed by atoms with Gasteiger partial charge in [-0.25, -0.2) is 4.39 Å². The number of ether oxygens (including phenoxy) is 5. The number of hydrogen-bond acceptors (Lipinski definition) is 7. The van der Waals surface area contributed by atoms with Crippen LogP contribution in [0.1, 0.15) is 6.42 Å². The number of methoxy groups -OCH3 is 1. The first kappa shape index (κ1) is 25.7. The molecule has 0 radical (unpaired) electrons. The van der Waals surface area contributed by atoms with Crippen molar-refractivity contribution in [1.82, 2.24) is 9.80 Å². The second-order valence-electron chi connectivity index (χ2n) is 8.70. The van der Waals surface area contributed by atoms with Gasteiger partial charge in [-0.05, 0) is 36.4 Å². The van der Waals surface area contributed by atoms with Crippen LogP contribution in [0.15, 0.2) is 48.5 Å². The zero-order chi connectivity index (χ0) is 25.4. The molecule has 2 amide bonds. The summed E-state index contributed by atoms with van der Waals surface area (Å²) in [4.78, 5) is 29.6. The number of halogens is 1. The molecule has 0 aliphatic carbocycles. The Balaban J connectivity index is 1.45. The Morgan fingerprint density at radius 1 is 0.917 bits per heavy atom. The number of carbonyl (C=O) groups is 2. The number of hydrogen-bond donors (Lipinski definition) is 0. The van der Waals surface area contributed by atoms with E-state index in [9.17, 15) is 14.0 Å². The van der Waals surface area contributed by atoms with Crippen LogP contribution in [0.3, 0.4) is 0 Å². The second-order valence-corrected chi connectivity index (χ2v) is 8.70. The van der Waals surface area contributed by atoms with E-state index in [0.717, 1.165) is 0 Å². The molecule has 0 N–H and O–H groups in total. The molecule has 2 aliphatic rings. The van der Waals surface area contributed by atoms with Gasteiger partial charge in [-0.15, -0.1) is 0 Å². The van der Waals surface area contributed by atoms with Crippen molar-refractivity contribution in [3.05, 3.63) is 54.3 Å². The monoisotopic (exact) mass is 502 g/mol. The summed E-state index contributed by atoms with van der Waals surface area (Å²) >= 11 is 0. The van der Waals surface area contributed by atoms with Gasteiger partial charge in [-0.1, -0.05) is 12.1 Å². The van der Waals surface area contributed by atoms with E-state index >= 15 is 0 Å². The Morgan fingerprint density at radius 3 is 2.33 bits per heavy atom. The summed E-state index contributed by atoms with van der Waals surface area (Å²) in [6, 6.07) is 12.7. The minimum absolute atomic E-state index is 0.0197. The highest BCUT2D eigenvalue weighted by atomic mass is 19.1. The molecule has 1 atom stereocenters. The van der Waals surface area contributed by atoms with E-state index in [-0.39, 0.29) is 50.4 Å². The molecule has 2 fully saturated rings. The molecular formula is C26H31FN2O7. The molecule has 0 aromatic heterocycles. The number of rotatable bonds is 9. The van der Waals surface area contributed by atoms with Gasteiger partial charge >= 0.3 is 0 Å². The summed E-state index contributed by atoms with van der Waals surface area (Å²) in [5, 5.41) is 0. The van der Waals surface area contributed by atoms with Gasteiger partial charge in [0.05, 0.1) is 39.9 Å². The summed E-state index contributed by atoms with van der Waals surface area (Å²) in [5.41, 5.74) is -1.07. The largest absolute Gasteiger partial charge is 0.493 e. The lowest BCUT2D eigenvalue weighted by Gasteiger charge is -2.43. The van der Waals surface area contributed by atoms with Crippen molar-refractivity contribution in [1.29, 1.82) is 0 Å². The first-order valence-corrected chi connectivity index (χ1v) is 11.9. The van der Waals surface area contributed by atoms with Crippen molar-refractivity contribution in [2.24, 2.45) is 0 Å². The van der Waals surface area contributed by atoms with Gasteiger partial charge < -0.3 is 33.5 Å². The van der Waals surface area contributed by atoms with Gasteiger partial charge in [0.25, 0.3) is 5.91 Å². The molecule has 9 nitrogen and oxygen atoms in total. The molecule has 0 unspecified atom stereocenters. The number of nitrogens with zero attached hydrogens (tertiary/aromatic N) is 2. The van der Waals surface area contributed by atoms with Crippen molar-refractivity contribution in [2.75, 3.05) is 66.3 Å². The van der Waals surface area contributed by atoms with Crippen molar-refractivity contribution in [3.63, 3.8) is 0 Å². The van der Waals surface area contributed by atoms with Crippen LogP contribution in [0, 0.1) is 5.82 Å². The molecule has 2 aromatic rings. The summed E-state index contributed by atoms with van der Waals surface area (Å²) in [6.45, 7) is 2.55. The molecule has 2 saturated heterocycles. The van der Waals surface area contributed by atoms with E-state index in [2.05, 4.69) is 0 Å². The fourth-order valence-corrected chi connectivity index (χ4v) is 4.22.